The Morgan fingerprint density at radius 2 is 1.50 bits per heavy atom. The lowest BCUT2D eigenvalue weighted by molar-refractivity contribution is -0.115. The summed E-state index contributed by atoms with van der Waals surface area (Å²) in [5.74, 6) is -0.525. The molecule has 2 rings (SSSR count). The fourth-order valence-electron chi connectivity index (χ4n) is 2.93. The summed E-state index contributed by atoms with van der Waals surface area (Å²) >= 11 is 0. The van der Waals surface area contributed by atoms with Crippen molar-refractivity contribution in [3.8, 4) is 0 Å². The van der Waals surface area contributed by atoms with Gasteiger partial charge < -0.3 is 15.4 Å². The Morgan fingerprint density at radius 3 is 2.00 bits per heavy atom. The Kier molecular flexibility index (Phi) is 6.35. The van der Waals surface area contributed by atoms with Crippen LogP contribution >= 0.6 is 0 Å². The van der Waals surface area contributed by atoms with Crippen LogP contribution in [0, 0.1) is 5.92 Å². The lowest BCUT2D eigenvalue weighted by Crippen LogP contribution is -2.17. The summed E-state index contributed by atoms with van der Waals surface area (Å²) in [6.45, 7) is 3.18. The second-order valence-electron chi connectivity index (χ2n) is 6.26. The maximum Gasteiger partial charge on any atom is 0.338 e. The number of hydrogen-bond acceptors (Lipinski definition) is 4. The molecule has 6 heteroatoms. The zero-order chi connectivity index (χ0) is 17.5. The highest BCUT2D eigenvalue weighted by atomic mass is 16.5. The monoisotopic (exact) mass is 332 g/mol. The molecule has 2 amide bonds. The average Bonchev–Trinajstić information content (AvgIpc) is 2.52. The molecule has 1 fully saturated rings. The van der Waals surface area contributed by atoms with E-state index >= 15 is 0 Å². The SMILES string of the molecule is CC(=O)Nc1cc(NC(C)=O)cc(C(=O)OCC2CCCCC2)c1. The molecular formula is C18H24N2O4. The van der Waals surface area contributed by atoms with Gasteiger partial charge in [0.2, 0.25) is 11.8 Å². The third-order valence-corrected chi connectivity index (χ3v) is 3.98. The first-order chi connectivity index (χ1) is 11.4. The molecule has 0 aromatic heterocycles. The van der Waals surface area contributed by atoms with Crippen molar-refractivity contribution in [2.45, 2.75) is 46.0 Å². The molecule has 0 bridgehead atoms. The molecular weight excluding hydrogens is 308 g/mol. The molecule has 2 N–H and O–H groups in total. The maximum atomic E-state index is 12.3. The second kappa shape index (κ2) is 8.47. The van der Waals surface area contributed by atoms with Crippen molar-refractivity contribution in [2.24, 2.45) is 5.92 Å². The normalized spacial score (nSPS) is 14.8. The molecule has 0 heterocycles. The molecule has 1 aliphatic carbocycles. The molecule has 6 nitrogen and oxygen atoms in total. The Labute approximate surface area is 142 Å². The van der Waals surface area contributed by atoms with Gasteiger partial charge in [0.05, 0.1) is 12.2 Å². The van der Waals surface area contributed by atoms with Crippen LogP contribution in [-0.4, -0.2) is 24.4 Å². The molecule has 1 aromatic rings. The summed E-state index contributed by atoms with van der Waals surface area (Å²) in [6.07, 6.45) is 5.82. The molecule has 0 atom stereocenters. The van der Waals surface area contributed by atoms with Gasteiger partial charge in [0.25, 0.3) is 0 Å². The van der Waals surface area contributed by atoms with Crippen LogP contribution in [-0.2, 0) is 14.3 Å². The van der Waals surface area contributed by atoms with Crippen molar-refractivity contribution < 1.29 is 19.1 Å². The van der Waals surface area contributed by atoms with Crippen molar-refractivity contribution in [3.63, 3.8) is 0 Å². The molecule has 24 heavy (non-hydrogen) atoms. The third-order valence-electron chi connectivity index (χ3n) is 3.98. The predicted octanol–water partition coefficient (Wildman–Crippen LogP) is 3.34. The van der Waals surface area contributed by atoms with Crippen LogP contribution in [0.4, 0.5) is 11.4 Å². The molecule has 0 radical (unpaired) electrons. The van der Waals surface area contributed by atoms with Gasteiger partial charge in [0.15, 0.2) is 0 Å². The number of anilines is 2. The summed E-state index contributed by atoms with van der Waals surface area (Å²) in [6, 6.07) is 4.70. The quantitative estimate of drug-likeness (QED) is 0.810. The van der Waals surface area contributed by atoms with Crippen LogP contribution in [0.3, 0.4) is 0 Å². The molecule has 1 aromatic carbocycles. The van der Waals surface area contributed by atoms with Gasteiger partial charge in [-0.3, -0.25) is 9.59 Å². The smallest absolute Gasteiger partial charge is 0.338 e. The summed E-state index contributed by atoms with van der Waals surface area (Å²) < 4.78 is 5.42. The topological polar surface area (TPSA) is 84.5 Å². The van der Waals surface area contributed by atoms with Crippen molar-refractivity contribution in [2.75, 3.05) is 17.2 Å². The molecule has 1 aliphatic rings. The molecule has 1 saturated carbocycles. The Balaban J connectivity index is 2.08. The van der Waals surface area contributed by atoms with Crippen molar-refractivity contribution in [1.29, 1.82) is 0 Å². The average molecular weight is 332 g/mol. The van der Waals surface area contributed by atoms with E-state index in [4.69, 9.17) is 4.74 Å². The van der Waals surface area contributed by atoms with Crippen LogP contribution in [0.1, 0.15) is 56.3 Å². The number of amides is 2. The van der Waals surface area contributed by atoms with E-state index < -0.39 is 5.97 Å². The number of benzene rings is 1. The van der Waals surface area contributed by atoms with Crippen molar-refractivity contribution >= 4 is 29.2 Å². The minimum Gasteiger partial charge on any atom is -0.462 e. The Bertz CT molecular complexity index is 587. The first-order valence-electron chi connectivity index (χ1n) is 8.31. The first kappa shape index (κ1) is 18.0. The van der Waals surface area contributed by atoms with Crippen molar-refractivity contribution in [3.05, 3.63) is 23.8 Å². The standard InChI is InChI=1S/C18H24N2O4/c1-12(21)19-16-8-15(9-17(10-16)20-13(2)22)18(23)24-11-14-6-4-3-5-7-14/h8-10,14H,3-7,11H2,1-2H3,(H,19,21)(H,20,22). The minimum atomic E-state index is -0.445. The number of carbonyl (C=O) groups excluding carboxylic acids is 3. The van der Waals surface area contributed by atoms with E-state index in [2.05, 4.69) is 10.6 Å². The molecule has 0 saturated heterocycles. The van der Waals surface area contributed by atoms with Crippen molar-refractivity contribution in [1.82, 2.24) is 0 Å². The number of carbonyl (C=O) groups is 3. The zero-order valence-corrected chi connectivity index (χ0v) is 14.2. The van der Waals surface area contributed by atoms with Gasteiger partial charge in [0, 0.05) is 25.2 Å². The lowest BCUT2D eigenvalue weighted by atomic mass is 9.90. The van der Waals surface area contributed by atoms with Gasteiger partial charge in [0.1, 0.15) is 0 Å². The van der Waals surface area contributed by atoms with Gasteiger partial charge in [-0.2, -0.15) is 0 Å². The highest BCUT2D eigenvalue weighted by Gasteiger charge is 2.17. The number of hydrogen-bond donors (Lipinski definition) is 2. The summed E-state index contributed by atoms with van der Waals surface area (Å²) in [7, 11) is 0. The molecule has 0 aliphatic heterocycles. The fourth-order valence-corrected chi connectivity index (χ4v) is 2.93. The number of rotatable bonds is 5. The molecule has 130 valence electrons. The molecule has 0 unspecified atom stereocenters. The highest BCUT2D eigenvalue weighted by molar-refractivity contribution is 5.97. The van der Waals surface area contributed by atoms with Crippen LogP contribution in [0.25, 0.3) is 0 Å². The van der Waals surface area contributed by atoms with E-state index in [0.717, 1.165) is 12.8 Å². The van der Waals surface area contributed by atoms with Crippen LogP contribution in [0.15, 0.2) is 18.2 Å². The maximum absolute atomic E-state index is 12.3. The number of esters is 1. The van der Waals surface area contributed by atoms with Gasteiger partial charge in [-0.05, 0) is 37.0 Å². The Morgan fingerprint density at radius 1 is 0.958 bits per heavy atom. The van der Waals surface area contributed by atoms with E-state index in [1.807, 2.05) is 0 Å². The van der Waals surface area contributed by atoms with Crippen LogP contribution < -0.4 is 10.6 Å². The largest absolute Gasteiger partial charge is 0.462 e. The van der Waals surface area contributed by atoms with E-state index in [0.29, 0.717) is 29.5 Å². The van der Waals surface area contributed by atoms with Crippen LogP contribution in [0.5, 0.6) is 0 Å². The Hall–Kier alpha value is -2.37. The minimum absolute atomic E-state index is 0.253. The fraction of sp³-hybridized carbons (Fsp3) is 0.500. The summed E-state index contributed by atoms with van der Waals surface area (Å²) in [5.41, 5.74) is 1.19. The van der Waals surface area contributed by atoms with E-state index in [9.17, 15) is 14.4 Å². The third kappa shape index (κ3) is 5.68. The lowest BCUT2D eigenvalue weighted by Gasteiger charge is -2.21. The van der Waals surface area contributed by atoms with E-state index in [1.165, 1.54) is 33.1 Å². The summed E-state index contributed by atoms with van der Waals surface area (Å²) in [4.78, 5) is 34.8. The predicted molar refractivity (Wildman–Crippen MR) is 91.9 cm³/mol. The van der Waals surface area contributed by atoms with Gasteiger partial charge in [-0.1, -0.05) is 19.3 Å². The van der Waals surface area contributed by atoms with Gasteiger partial charge in [-0.25, -0.2) is 4.79 Å². The molecule has 0 spiro atoms. The van der Waals surface area contributed by atoms with E-state index in [-0.39, 0.29) is 11.8 Å². The van der Waals surface area contributed by atoms with Gasteiger partial charge >= 0.3 is 5.97 Å². The zero-order valence-electron chi connectivity index (χ0n) is 14.2. The van der Waals surface area contributed by atoms with Crippen LogP contribution in [0.2, 0.25) is 0 Å². The number of ether oxygens (including phenoxy) is 1. The summed E-state index contributed by atoms with van der Waals surface area (Å²) in [5, 5.41) is 5.24. The van der Waals surface area contributed by atoms with Gasteiger partial charge in [-0.15, -0.1) is 0 Å². The second-order valence-corrected chi connectivity index (χ2v) is 6.26. The highest BCUT2D eigenvalue weighted by Crippen LogP contribution is 2.25. The number of nitrogens with one attached hydrogen (secondary N) is 2. The first-order valence-corrected chi connectivity index (χ1v) is 8.31. The van der Waals surface area contributed by atoms with E-state index in [1.54, 1.807) is 18.2 Å².